The number of hydrogen-bond acceptors (Lipinski definition) is 4. The van der Waals surface area contributed by atoms with Crippen molar-refractivity contribution in [3.63, 3.8) is 0 Å². The Morgan fingerprint density at radius 2 is 0.889 bits per heavy atom. The summed E-state index contributed by atoms with van der Waals surface area (Å²) in [6.07, 6.45) is 8.57. The topological polar surface area (TPSA) is 125 Å². The number of unbranched alkanes of at least 4 members (excludes halogenated alkanes) is 4. The maximum atomic E-state index is 5.55. The van der Waals surface area contributed by atoms with Crippen molar-refractivity contribution in [1.29, 1.82) is 0 Å². The van der Waals surface area contributed by atoms with Crippen molar-refractivity contribution >= 4 is 11.9 Å². The molecule has 8 nitrogen and oxygen atoms in total. The highest BCUT2D eigenvalue weighted by Gasteiger charge is 1.94. The molecule has 0 aromatic rings. The Morgan fingerprint density at radius 3 is 1.26 bits per heavy atom. The van der Waals surface area contributed by atoms with Gasteiger partial charge in [0.1, 0.15) is 0 Å². The van der Waals surface area contributed by atoms with Crippen molar-refractivity contribution in [2.75, 3.05) is 53.4 Å². The lowest BCUT2D eigenvalue weighted by Gasteiger charge is -2.07. The van der Waals surface area contributed by atoms with Crippen molar-refractivity contribution in [2.45, 2.75) is 58.8 Å². The summed E-state index contributed by atoms with van der Waals surface area (Å²) in [7, 11) is 3.38. The van der Waals surface area contributed by atoms with Gasteiger partial charge in [0.05, 0.1) is 0 Å². The van der Waals surface area contributed by atoms with Crippen LogP contribution in [-0.4, -0.2) is 65.3 Å². The molecule has 0 atom stereocenters. The maximum absolute atomic E-state index is 5.55. The molecule has 0 aliphatic heterocycles. The Hall–Kier alpha value is -1.54. The third kappa shape index (κ3) is 24.5. The first kappa shape index (κ1) is 27.7. The van der Waals surface area contributed by atoms with E-state index < -0.39 is 0 Å². The van der Waals surface area contributed by atoms with Crippen LogP contribution in [0, 0.1) is 0 Å². The van der Waals surface area contributed by atoms with Gasteiger partial charge in [-0.2, -0.15) is 0 Å². The SMILES string of the molecule is CC.CN=C(N)NCCCNCCCCCCCNCCCNC(N)=NC. The van der Waals surface area contributed by atoms with E-state index >= 15 is 0 Å². The van der Waals surface area contributed by atoms with E-state index in [2.05, 4.69) is 31.3 Å². The van der Waals surface area contributed by atoms with Crippen molar-refractivity contribution in [2.24, 2.45) is 21.5 Å². The molecule has 0 bridgehead atoms. The zero-order chi connectivity index (χ0) is 20.6. The summed E-state index contributed by atoms with van der Waals surface area (Å²) in [4.78, 5) is 7.70. The number of nitrogens with zero attached hydrogens (tertiary/aromatic N) is 2. The highest BCUT2D eigenvalue weighted by molar-refractivity contribution is 5.77. The Labute approximate surface area is 167 Å². The zero-order valence-electron chi connectivity index (χ0n) is 18.2. The van der Waals surface area contributed by atoms with Gasteiger partial charge in [0, 0.05) is 27.2 Å². The zero-order valence-corrected chi connectivity index (χ0v) is 18.2. The maximum Gasteiger partial charge on any atom is 0.188 e. The highest BCUT2D eigenvalue weighted by atomic mass is 15.1. The smallest absolute Gasteiger partial charge is 0.188 e. The van der Waals surface area contributed by atoms with Gasteiger partial charge >= 0.3 is 0 Å². The first-order chi connectivity index (χ1) is 13.2. The summed E-state index contributed by atoms with van der Waals surface area (Å²) in [5.74, 6) is 1.03. The Kier molecular flexibility index (Phi) is 25.1. The quantitative estimate of drug-likeness (QED) is 0.133. The molecule has 0 aliphatic rings. The van der Waals surface area contributed by atoms with Crippen molar-refractivity contribution in [1.82, 2.24) is 21.3 Å². The van der Waals surface area contributed by atoms with Crippen LogP contribution in [0.3, 0.4) is 0 Å². The monoisotopic (exact) mass is 386 g/mol. The lowest BCUT2D eigenvalue weighted by molar-refractivity contribution is 0.547. The minimum Gasteiger partial charge on any atom is -0.370 e. The molecule has 162 valence electrons. The van der Waals surface area contributed by atoms with Crippen LogP contribution >= 0.6 is 0 Å². The summed E-state index contributed by atoms with van der Waals surface area (Å²) in [6.45, 7) is 10.0. The van der Waals surface area contributed by atoms with Gasteiger partial charge in [-0.15, -0.1) is 0 Å². The first-order valence-electron chi connectivity index (χ1n) is 10.5. The van der Waals surface area contributed by atoms with Crippen LogP contribution in [0.5, 0.6) is 0 Å². The number of nitrogens with two attached hydrogens (primary N) is 2. The molecule has 0 amide bonds. The van der Waals surface area contributed by atoms with Crippen LogP contribution in [0.4, 0.5) is 0 Å². The van der Waals surface area contributed by atoms with Gasteiger partial charge in [-0.25, -0.2) is 0 Å². The Bertz CT molecular complexity index is 313. The fourth-order valence-corrected chi connectivity index (χ4v) is 2.30. The molecule has 0 fully saturated rings. The van der Waals surface area contributed by atoms with Crippen LogP contribution in [0.2, 0.25) is 0 Å². The lowest BCUT2D eigenvalue weighted by atomic mass is 10.1. The van der Waals surface area contributed by atoms with Gasteiger partial charge in [-0.3, -0.25) is 9.98 Å². The van der Waals surface area contributed by atoms with Crippen molar-refractivity contribution in [3.05, 3.63) is 0 Å². The van der Waals surface area contributed by atoms with E-state index in [1.54, 1.807) is 14.1 Å². The van der Waals surface area contributed by atoms with E-state index in [1.807, 2.05) is 13.8 Å². The van der Waals surface area contributed by atoms with E-state index in [1.165, 1.54) is 32.1 Å². The van der Waals surface area contributed by atoms with Crippen LogP contribution in [0.25, 0.3) is 0 Å². The molecule has 0 aromatic carbocycles. The lowest BCUT2D eigenvalue weighted by Crippen LogP contribution is -2.33. The Morgan fingerprint density at radius 1 is 0.556 bits per heavy atom. The predicted molar refractivity (Wildman–Crippen MR) is 121 cm³/mol. The number of rotatable bonds is 16. The Balaban J connectivity index is 0. The predicted octanol–water partition coefficient (Wildman–Crippen LogP) is 0.991. The molecule has 0 radical (unpaired) electrons. The molecule has 8 heteroatoms. The second-order valence-corrected chi connectivity index (χ2v) is 6.05. The van der Waals surface area contributed by atoms with Gasteiger partial charge < -0.3 is 32.7 Å². The van der Waals surface area contributed by atoms with E-state index in [4.69, 9.17) is 11.5 Å². The minimum atomic E-state index is 0.516. The van der Waals surface area contributed by atoms with Crippen LogP contribution in [0.1, 0.15) is 58.8 Å². The fraction of sp³-hybridized carbons (Fsp3) is 0.895. The van der Waals surface area contributed by atoms with Gasteiger partial charge in [-0.1, -0.05) is 33.1 Å². The molecule has 27 heavy (non-hydrogen) atoms. The molecule has 0 saturated heterocycles. The third-order valence-electron chi connectivity index (χ3n) is 3.86. The minimum absolute atomic E-state index is 0.516. The van der Waals surface area contributed by atoms with Gasteiger partial charge in [0.25, 0.3) is 0 Å². The largest absolute Gasteiger partial charge is 0.370 e. The standard InChI is InChI=1S/C17H40N8.C2H6/c1-20-16(18)24-14-8-12-22-10-6-4-3-5-7-11-23-13-9-15-25-17(19)21-2;1-2/h22-23H,3-15H2,1-2H3,(H3,18,20,24)(H3,19,21,25);1-2H3. The molecule has 0 heterocycles. The summed E-state index contributed by atoms with van der Waals surface area (Å²) >= 11 is 0. The second kappa shape index (κ2) is 24.5. The molecule has 8 N–H and O–H groups in total. The van der Waals surface area contributed by atoms with Crippen molar-refractivity contribution < 1.29 is 0 Å². The second-order valence-electron chi connectivity index (χ2n) is 6.05. The summed E-state index contributed by atoms with van der Waals surface area (Å²) in [6, 6.07) is 0. The van der Waals surface area contributed by atoms with Gasteiger partial charge in [-0.05, 0) is 51.9 Å². The summed E-state index contributed by atoms with van der Waals surface area (Å²) < 4.78 is 0. The average Bonchev–Trinajstić information content (AvgIpc) is 2.71. The van der Waals surface area contributed by atoms with E-state index in [0.717, 1.165) is 52.1 Å². The van der Waals surface area contributed by atoms with Crippen LogP contribution in [-0.2, 0) is 0 Å². The van der Waals surface area contributed by atoms with E-state index in [0.29, 0.717) is 11.9 Å². The molecule has 0 spiro atoms. The number of nitrogens with one attached hydrogen (secondary N) is 4. The third-order valence-corrected chi connectivity index (χ3v) is 3.86. The average molecular weight is 387 g/mol. The number of guanidine groups is 2. The fourth-order valence-electron chi connectivity index (χ4n) is 2.30. The van der Waals surface area contributed by atoms with Crippen LogP contribution in [0.15, 0.2) is 9.98 Å². The van der Waals surface area contributed by atoms with E-state index in [-0.39, 0.29) is 0 Å². The van der Waals surface area contributed by atoms with Gasteiger partial charge in [0.15, 0.2) is 11.9 Å². The van der Waals surface area contributed by atoms with E-state index in [9.17, 15) is 0 Å². The summed E-state index contributed by atoms with van der Waals surface area (Å²) in [5, 5.41) is 13.0. The molecule has 0 aliphatic carbocycles. The molecular formula is C19H46N8. The van der Waals surface area contributed by atoms with Crippen LogP contribution < -0.4 is 32.7 Å². The molecule has 0 saturated carbocycles. The number of hydrogen-bond donors (Lipinski definition) is 6. The molecular weight excluding hydrogens is 340 g/mol. The van der Waals surface area contributed by atoms with Gasteiger partial charge in [0.2, 0.25) is 0 Å². The highest BCUT2D eigenvalue weighted by Crippen LogP contribution is 2.01. The molecule has 0 rings (SSSR count). The normalized spacial score (nSPS) is 11.7. The first-order valence-corrected chi connectivity index (χ1v) is 10.5. The number of aliphatic imine (C=N–C) groups is 2. The summed E-state index contributed by atoms with van der Waals surface area (Å²) in [5.41, 5.74) is 11.1. The van der Waals surface area contributed by atoms with Crippen molar-refractivity contribution in [3.8, 4) is 0 Å². The molecule has 0 unspecified atom stereocenters. The molecule has 0 aromatic heterocycles.